The maximum atomic E-state index is 12.3. The van der Waals surface area contributed by atoms with Crippen molar-refractivity contribution >= 4 is 23.3 Å². The van der Waals surface area contributed by atoms with Crippen molar-refractivity contribution in [2.75, 3.05) is 19.0 Å². The number of hydrogen-bond donors (Lipinski definition) is 1. The minimum atomic E-state index is -0.262. The quantitative estimate of drug-likeness (QED) is 0.645. The summed E-state index contributed by atoms with van der Waals surface area (Å²) in [7, 11) is 1.63. The fourth-order valence-corrected chi connectivity index (χ4v) is 2.90. The van der Waals surface area contributed by atoms with Gasteiger partial charge in [0.1, 0.15) is 17.3 Å². The summed E-state index contributed by atoms with van der Waals surface area (Å²) in [4.78, 5) is 12.3. The highest BCUT2D eigenvalue weighted by Crippen LogP contribution is 2.25. The van der Waals surface area contributed by atoms with Gasteiger partial charge in [0.05, 0.1) is 19.9 Å². The number of anilines is 1. The van der Waals surface area contributed by atoms with Crippen LogP contribution in [-0.2, 0) is 11.3 Å². The largest absolute Gasteiger partial charge is 0.497 e. The molecule has 3 rings (SSSR count). The zero-order chi connectivity index (χ0) is 20.1. The SMILES string of the molecule is COc1ccc(Cn2nccc2NC(=O)COc2cc(C)c(Cl)c(C)c2)cc1. The van der Waals surface area contributed by atoms with Crippen LogP contribution in [0.15, 0.2) is 48.7 Å². The van der Waals surface area contributed by atoms with Gasteiger partial charge in [-0.25, -0.2) is 4.68 Å². The molecule has 0 fully saturated rings. The Morgan fingerprint density at radius 3 is 2.43 bits per heavy atom. The fourth-order valence-electron chi connectivity index (χ4n) is 2.79. The lowest BCUT2D eigenvalue weighted by molar-refractivity contribution is -0.118. The first-order chi connectivity index (χ1) is 13.5. The smallest absolute Gasteiger partial charge is 0.263 e. The molecule has 0 saturated carbocycles. The van der Waals surface area contributed by atoms with Crippen molar-refractivity contribution in [3.8, 4) is 11.5 Å². The van der Waals surface area contributed by atoms with Crippen LogP contribution in [0.5, 0.6) is 11.5 Å². The van der Waals surface area contributed by atoms with Crippen LogP contribution in [0.2, 0.25) is 5.02 Å². The monoisotopic (exact) mass is 399 g/mol. The van der Waals surface area contributed by atoms with Crippen molar-refractivity contribution in [1.29, 1.82) is 0 Å². The summed E-state index contributed by atoms with van der Waals surface area (Å²) in [5.74, 6) is 1.75. The molecule has 0 bridgehead atoms. The Kier molecular flexibility index (Phi) is 6.21. The number of carbonyl (C=O) groups excluding carboxylic acids is 1. The molecule has 0 radical (unpaired) electrons. The fraction of sp³-hybridized carbons (Fsp3) is 0.238. The third-order valence-corrected chi connectivity index (χ3v) is 4.85. The predicted molar refractivity (Wildman–Crippen MR) is 109 cm³/mol. The van der Waals surface area contributed by atoms with Crippen molar-refractivity contribution in [2.45, 2.75) is 20.4 Å². The minimum absolute atomic E-state index is 0.103. The first-order valence-electron chi connectivity index (χ1n) is 8.80. The van der Waals surface area contributed by atoms with Gasteiger partial charge in [-0.05, 0) is 54.8 Å². The topological polar surface area (TPSA) is 65.4 Å². The van der Waals surface area contributed by atoms with Gasteiger partial charge in [0, 0.05) is 11.1 Å². The van der Waals surface area contributed by atoms with E-state index in [2.05, 4.69) is 10.4 Å². The van der Waals surface area contributed by atoms with Gasteiger partial charge in [-0.1, -0.05) is 23.7 Å². The Balaban J connectivity index is 1.59. The number of rotatable bonds is 7. The van der Waals surface area contributed by atoms with Crippen LogP contribution >= 0.6 is 11.6 Å². The van der Waals surface area contributed by atoms with E-state index in [1.807, 2.05) is 50.2 Å². The summed E-state index contributed by atoms with van der Waals surface area (Å²) < 4.78 is 12.5. The van der Waals surface area contributed by atoms with Crippen molar-refractivity contribution in [3.05, 3.63) is 70.4 Å². The summed E-state index contributed by atoms with van der Waals surface area (Å²) >= 11 is 6.16. The molecule has 0 aliphatic rings. The molecule has 0 aliphatic heterocycles. The molecule has 28 heavy (non-hydrogen) atoms. The van der Waals surface area contributed by atoms with E-state index in [1.54, 1.807) is 24.1 Å². The zero-order valence-corrected chi connectivity index (χ0v) is 16.8. The predicted octanol–water partition coefficient (Wildman–Crippen LogP) is 4.23. The van der Waals surface area contributed by atoms with Crippen LogP contribution in [0, 0.1) is 13.8 Å². The Morgan fingerprint density at radius 2 is 1.79 bits per heavy atom. The first kappa shape index (κ1) is 19.8. The number of halogens is 1. The van der Waals surface area contributed by atoms with E-state index in [0.29, 0.717) is 23.1 Å². The van der Waals surface area contributed by atoms with Gasteiger partial charge in [-0.15, -0.1) is 0 Å². The molecule has 146 valence electrons. The summed E-state index contributed by atoms with van der Waals surface area (Å²) in [5, 5.41) is 7.81. The number of nitrogens with zero attached hydrogens (tertiary/aromatic N) is 2. The van der Waals surface area contributed by atoms with Crippen molar-refractivity contribution < 1.29 is 14.3 Å². The third-order valence-electron chi connectivity index (χ3n) is 4.26. The first-order valence-corrected chi connectivity index (χ1v) is 9.18. The second-order valence-corrected chi connectivity index (χ2v) is 6.81. The van der Waals surface area contributed by atoms with E-state index >= 15 is 0 Å². The molecule has 0 aliphatic carbocycles. The molecular formula is C21H22ClN3O3. The Hall–Kier alpha value is -2.99. The van der Waals surface area contributed by atoms with Crippen molar-refractivity contribution in [2.24, 2.45) is 0 Å². The molecule has 6 nitrogen and oxygen atoms in total. The number of ether oxygens (including phenoxy) is 2. The molecule has 1 aromatic heterocycles. The number of amides is 1. The average molecular weight is 400 g/mol. The molecule has 7 heteroatoms. The minimum Gasteiger partial charge on any atom is -0.497 e. The summed E-state index contributed by atoms with van der Waals surface area (Å²) in [6.45, 7) is 4.23. The Morgan fingerprint density at radius 1 is 1.11 bits per heavy atom. The average Bonchev–Trinajstić information content (AvgIpc) is 3.11. The van der Waals surface area contributed by atoms with Gasteiger partial charge in [-0.2, -0.15) is 5.10 Å². The number of aromatic nitrogens is 2. The van der Waals surface area contributed by atoms with E-state index in [4.69, 9.17) is 21.1 Å². The summed E-state index contributed by atoms with van der Waals surface area (Å²) in [5.41, 5.74) is 2.87. The van der Waals surface area contributed by atoms with Crippen LogP contribution in [0.4, 0.5) is 5.82 Å². The molecular weight excluding hydrogens is 378 g/mol. The number of benzene rings is 2. The number of carbonyl (C=O) groups is 1. The molecule has 0 unspecified atom stereocenters. The summed E-state index contributed by atoms with van der Waals surface area (Å²) in [6.07, 6.45) is 1.64. The molecule has 0 spiro atoms. The van der Waals surface area contributed by atoms with E-state index in [0.717, 1.165) is 22.4 Å². The van der Waals surface area contributed by atoms with Gasteiger partial charge >= 0.3 is 0 Å². The van der Waals surface area contributed by atoms with E-state index in [1.165, 1.54) is 0 Å². The maximum Gasteiger partial charge on any atom is 0.263 e. The third kappa shape index (κ3) is 4.84. The summed E-state index contributed by atoms with van der Waals surface area (Å²) in [6, 6.07) is 13.1. The van der Waals surface area contributed by atoms with E-state index in [9.17, 15) is 4.79 Å². The van der Waals surface area contributed by atoms with Gasteiger partial charge in [0.2, 0.25) is 0 Å². The van der Waals surface area contributed by atoms with Crippen LogP contribution < -0.4 is 14.8 Å². The number of nitrogens with one attached hydrogen (secondary N) is 1. The van der Waals surface area contributed by atoms with Crippen LogP contribution in [0.3, 0.4) is 0 Å². The molecule has 0 saturated heterocycles. The maximum absolute atomic E-state index is 12.3. The zero-order valence-electron chi connectivity index (χ0n) is 16.0. The van der Waals surface area contributed by atoms with Gasteiger partial charge in [-0.3, -0.25) is 4.79 Å². The van der Waals surface area contributed by atoms with Gasteiger partial charge < -0.3 is 14.8 Å². The highest BCUT2D eigenvalue weighted by Gasteiger charge is 2.10. The Bertz CT molecular complexity index is 944. The molecule has 0 atom stereocenters. The highest BCUT2D eigenvalue weighted by molar-refractivity contribution is 6.32. The van der Waals surface area contributed by atoms with E-state index in [-0.39, 0.29) is 12.5 Å². The highest BCUT2D eigenvalue weighted by atomic mass is 35.5. The van der Waals surface area contributed by atoms with Crippen molar-refractivity contribution in [1.82, 2.24) is 9.78 Å². The van der Waals surface area contributed by atoms with Crippen LogP contribution in [0.1, 0.15) is 16.7 Å². The van der Waals surface area contributed by atoms with Gasteiger partial charge in [0.25, 0.3) is 5.91 Å². The number of aryl methyl sites for hydroxylation is 2. The lowest BCUT2D eigenvalue weighted by atomic mass is 10.1. The normalized spacial score (nSPS) is 10.6. The van der Waals surface area contributed by atoms with Gasteiger partial charge in [0.15, 0.2) is 6.61 Å². The van der Waals surface area contributed by atoms with Crippen molar-refractivity contribution in [3.63, 3.8) is 0 Å². The number of methoxy groups -OCH3 is 1. The second kappa shape index (κ2) is 8.80. The molecule has 1 heterocycles. The van der Waals surface area contributed by atoms with Crippen LogP contribution in [0.25, 0.3) is 0 Å². The lowest BCUT2D eigenvalue weighted by Gasteiger charge is -2.12. The Labute approximate surface area is 169 Å². The van der Waals surface area contributed by atoms with E-state index < -0.39 is 0 Å². The lowest BCUT2D eigenvalue weighted by Crippen LogP contribution is -2.22. The molecule has 2 aromatic carbocycles. The number of hydrogen-bond acceptors (Lipinski definition) is 4. The van der Waals surface area contributed by atoms with Crippen LogP contribution in [-0.4, -0.2) is 29.4 Å². The molecule has 3 aromatic rings. The molecule has 1 amide bonds. The molecule has 1 N–H and O–H groups in total. The second-order valence-electron chi connectivity index (χ2n) is 6.43. The standard InChI is InChI=1S/C21H22ClN3O3/c1-14-10-18(11-15(2)21(14)22)28-13-20(26)24-19-8-9-23-25(19)12-16-4-6-17(27-3)7-5-16/h4-11H,12-13H2,1-3H3,(H,24,26).